The summed E-state index contributed by atoms with van der Waals surface area (Å²) >= 11 is 0. The highest BCUT2D eigenvalue weighted by Gasteiger charge is 2.34. The molecule has 0 atom stereocenters. The SMILES string of the molecule is Cc1c2c(c(CC(C)C)c3ccccc13)Oc1cc3c(C(C)(C)C)cccc3c3cc[n+](C)c-2c13. The molecule has 0 amide bonds. The summed E-state index contributed by atoms with van der Waals surface area (Å²) in [6.45, 7) is 13.7. The van der Waals surface area contributed by atoms with Crippen LogP contribution in [0.2, 0.25) is 0 Å². The maximum absolute atomic E-state index is 6.99. The Morgan fingerprint density at radius 2 is 1.57 bits per heavy atom. The Balaban J connectivity index is 1.81. The van der Waals surface area contributed by atoms with Crippen LogP contribution in [0.3, 0.4) is 0 Å². The molecule has 2 heterocycles. The first-order chi connectivity index (χ1) is 16.7. The molecule has 2 nitrogen and oxygen atoms in total. The number of hydrogen-bond acceptors (Lipinski definition) is 1. The largest absolute Gasteiger partial charge is 0.455 e. The second kappa shape index (κ2) is 7.55. The van der Waals surface area contributed by atoms with Crippen LogP contribution in [-0.2, 0) is 18.9 Å². The smallest absolute Gasteiger partial charge is 0.228 e. The van der Waals surface area contributed by atoms with Crippen LogP contribution >= 0.6 is 0 Å². The van der Waals surface area contributed by atoms with Gasteiger partial charge in [0.2, 0.25) is 5.69 Å². The zero-order valence-electron chi connectivity index (χ0n) is 21.9. The van der Waals surface area contributed by atoms with Gasteiger partial charge in [-0.1, -0.05) is 77.1 Å². The van der Waals surface area contributed by atoms with E-state index in [4.69, 9.17) is 4.74 Å². The quantitative estimate of drug-likeness (QED) is 0.186. The van der Waals surface area contributed by atoms with E-state index in [1.165, 1.54) is 60.3 Å². The lowest BCUT2D eigenvalue weighted by molar-refractivity contribution is -0.659. The second-order valence-electron chi connectivity index (χ2n) is 11.6. The van der Waals surface area contributed by atoms with Gasteiger partial charge in [-0.15, -0.1) is 0 Å². The van der Waals surface area contributed by atoms with E-state index >= 15 is 0 Å². The van der Waals surface area contributed by atoms with Crippen molar-refractivity contribution in [2.45, 2.75) is 53.4 Å². The zero-order chi connectivity index (χ0) is 24.6. The van der Waals surface area contributed by atoms with Crippen LogP contribution in [0.15, 0.2) is 60.8 Å². The highest BCUT2D eigenvalue weighted by atomic mass is 16.5. The monoisotopic (exact) mass is 460 g/mol. The molecule has 0 radical (unpaired) electrons. The molecule has 0 spiro atoms. The molecule has 0 aliphatic carbocycles. The molecule has 176 valence electrons. The summed E-state index contributed by atoms with van der Waals surface area (Å²) in [5.41, 5.74) is 6.52. The van der Waals surface area contributed by atoms with Crippen molar-refractivity contribution in [3.63, 3.8) is 0 Å². The Morgan fingerprint density at radius 3 is 2.29 bits per heavy atom. The van der Waals surface area contributed by atoms with Crippen LogP contribution in [0.25, 0.3) is 43.6 Å². The summed E-state index contributed by atoms with van der Waals surface area (Å²) in [6, 6.07) is 20.1. The zero-order valence-corrected chi connectivity index (χ0v) is 21.9. The van der Waals surface area contributed by atoms with Gasteiger partial charge >= 0.3 is 0 Å². The lowest BCUT2D eigenvalue weighted by Crippen LogP contribution is -2.32. The summed E-state index contributed by atoms with van der Waals surface area (Å²) in [5.74, 6) is 2.55. The Kier molecular flexibility index (Phi) is 4.77. The third kappa shape index (κ3) is 3.19. The van der Waals surface area contributed by atoms with Crippen molar-refractivity contribution in [3.05, 3.63) is 77.5 Å². The Morgan fingerprint density at radius 1 is 0.857 bits per heavy atom. The Bertz CT molecular complexity index is 1670. The molecule has 1 aliphatic heterocycles. The van der Waals surface area contributed by atoms with Gasteiger partial charge in [0.15, 0.2) is 6.20 Å². The first-order valence-electron chi connectivity index (χ1n) is 12.8. The average Bonchev–Trinajstić information content (AvgIpc) is 2.81. The number of benzene rings is 4. The number of ether oxygens (including phenoxy) is 1. The van der Waals surface area contributed by atoms with Crippen LogP contribution in [0.5, 0.6) is 11.5 Å². The fraction of sp³-hybridized carbons (Fsp3) is 0.303. The number of aryl methyl sites for hydroxylation is 2. The highest BCUT2D eigenvalue weighted by molar-refractivity contribution is 6.17. The number of hydrogen-bond donors (Lipinski definition) is 0. The minimum absolute atomic E-state index is 0.0460. The molecule has 0 bridgehead atoms. The normalized spacial score (nSPS) is 13.0. The van der Waals surface area contributed by atoms with Crippen molar-refractivity contribution in [1.82, 2.24) is 0 Å². The van der Waals surface area contributed by atoms with E-state index < -0.39 is 0 Å². The topological polar surface area (TPSA) is 13.1 Å². The Hall–Kier alpha value is -3.39. The van der Waals surface area contributed by atoms with E-state index in [-0.39, 0.29) is 5.41 Å². The van der Waals surface area contributed by atoms with Gasteiger partial charge in [-0.2, -0.15) is 0 Å². The van der Waals surface area contributed by atoms with Crippen LogP contribution in [0.4, 0.5) is 0 Å². The molecule has 0 N–H and O–H groups in total. The van der Waals surface area contributed by atoms with E-state index in [0.717, 1.165) is 17.9 Å². The van der Waals surface area contributed by atoms with Gasteiger partial charge in [-0.05, 0) is 63.4 Å². The standard InChI is InChI=1S/C33H34NO/c1-19(2)17-26-22-12-9-8-11-21(22)20(3)29-31-30-24(15-16-34(31)7)23-13-10-14-27(33(4,5)6)25(23)18-28(30)35-32(26)29/h8-16,18-19H,17H2,1-7H3/q+1. The van der Waals surface area contributed by atoms with Crippen molar-refractivity contribution >= 4 is 32.3 Å². The van der Waals surface area contributed by atoms with Gasteiger partial charge in [0, 0.05) is 17.0 Å². The summed E-state index contributed by atoms with van der Waals surface area (Å²) in [7, 11) is 2.17. The van der Waals surface area contributed by atoms with Gasteiger partial charge in [0.05, 0.1) is 10.9 Å². The number of rotatable bonds is 2. The maximum atomic E-state index is 6.99. The van der Waals surface area contributed by atoms with E-state index in [2.05, 4.69) is 114 Å². The number of fused-ring (bicyclic) bond motifs is 5. The number of aromatic nitrogens is 1. The van der Waals surface area contributed by atoms with Crippen LogP contribution in [0.1, 0.15) is 51.3 Å². The average molecular weight is 461 g/mol. The lowest BCUT2D eigenvalue weighted by Gasteiger charge is -2.27. The molecule has 0 saturated heterocycles. The predicted molar refractivity (Wildman–Crippen MR) is 148 cm³/mol. The third-order valence-corrected chi connectivity index (χ3v) is 7.64. The third-order valence-electron chi connectivity index (χ3n) is 7.64. The van der Waals surface area contributed by atoms with Crippen molar-refractivity contribution in [3.8, 4) is 22.8 Å². The van der Waals surface area contributed by atoms with Gasteiger partial charge in [0.1, 0.15) is 18.5 Å². The molecular weight excluding hydrogens is 426 g/mol. The van der Waals surface area contributed by atoms with Crippen LogP contribution < -0.4 is 9.30 Å². The molecule has 5 aromatic rings. The molecular formula is C33H34NO+. The van der Waals surface area contributed by atoms with Gasteiger partial charge in [-0.3, -0.25) is 0 Å². The molecule has 0 fully saturated rings. The number of nitrogens with zero attached hydrogens (tertiary/aromatic N) is 1. The molecule has 1 aromatic heterocycles. The van der Waals surface area contributed by atoms with Crippen molar-refractivity contribution in [2.24, 2.45) is 13.0 Å². The molecule has 35 heavy (non-hydrogen) atoms. The molecule has 4 aromatic carbocycles. The Labute approximate surface area is 208 Å². The fourth-order valence-electron chi connectivity index (χ4n) is 6.09. The molecule has 2 heteroatoms. The van der Waals surface area contributed by atoms with Crippen molar-refractivity contribution in [1.29, 1.82) is 0 Å². The summed E-state index contributed by atoms with van der Waals surface area (Å²) in [6.07, 6.45) is 3.20. The summed E-state index contributed by atoms with van der Waals surface area (Å²) in [5, 5.41) is 7.70. The van der Waals surface area contributed by atoms with E-state index in [9.17, 15) is 0 Å². The van der Waals surface area contributed by atoms with Crippen molar-refractivity contribution < 1.29 is 9.30 Å². The summed E-state index contributed by atoms with van der Waals surface area (Å²) < 4.78 is 9.27. The van der Waals surface area contributed by atoms with Gasteiger partial charge in [0.25, 0.3) is 0 Å². The highest BCUT2D eigenvalue weighted by Crippen LogP contribution is 2.52. The summed E-state index contributed by atoms with van der Waals surface area (Å²) in [4.78, 5) is 0. The minimum atomic E-state index is 0.0460. The maximum Gasteiger partial charge on any atom is 0.228 e. The van der Waals surface area contributed by atoms with Gasteiger partial charge < -0.3 is 4.74 Å². The molecule has 6 rings (SSSR count). The molecule has 1 aliphatic rings. The molecule has 0 unspecified atom stereocenters. The predicted octanol–water partition coefficient (Wildman–Crippen LogP) is 8.55. The minimum Gasteiger partial charge on any atom is -0.455 e. The fourth-order valence-corrected chi connectivity index (χ4v) is 6.09. The van der Waals surface area contributed by atoms with Gasteiger partial charge in [-0.25, -0.2) is 4.57 Å². The first kappa shape index (κ1) is 22.1. The van der Waals surface area contributed by atoms with Crippen LogP contribution in [0, 0.1) is 12.8 Å². The van der Waals surface area contributed by atoms with E-state index in [1.807, 2.05) is 0 Å². The number of pyridine rings is 1. The first-order valence-corrected chi connectivity index (χ1v) is 12.8. The second-order valence-corrected chi connectivity index (χ2v) is 11.6. The lowest BCUT2D eigenvalue weighted by atomic mass is 9.81. The van der Waals surface area contributed by atoms with Crippen molar-refractivity contribution in [2.75, 3.05) is 0 Å². The molecule has 0 saturated carbocycles. The van der Waals surface area contributed by atoms with Crippen LogP contribution in [-0.4, -0.2) is 0 Å². The van der Waals surface area contributed by atoms with E-state index in [0.29, 0.717) is 5.92 Å². The van der Waals surface area contributed by atoms with E-state index in [1.54, 1.807) is 0 Å².